The molecule has 1 rings (SSSR count). The smallest absolute Gasteiger partial charge is 0.314 e. The van der Waals surface area contributed by atoms with Gasteiger partial charge in [0.25, 0.3) is 0 Å². The Kier molecular flexibility index (Phi) is 5.29. The predicted molar refractivity (Wildman–Crippen MR) is 62.7 cm³/mol. The van der Waals surface area contributed by atoms with E-state index in [0.717, 1.165) is 4.90 Å². The van der Waals surface area contributed by atoms with Gasteiger partial charge in [0.15, 0.2) is 0 Å². The Bertz CT molecular complexity index is 351. The van der Waals surface area contributed by atoms with Crippen molar-refractivity contribution in [3.05, 3.63) is 0 Å². The van der Waals surface area contributed by atoms with Crippen LogP contribution in [0.25, 0.3) is 0 Å². The monoisotopic (exact) mass is 255 g/mol. The number of carbonyl (C=O) groups excluding carboxylic acids is 4. The Hall–Kier alpha value is -1.92. The van der Waals surface area contributed by atoms with E-state index in [0.29, 0.717) is 0 Å². The van der Waals surface area contributed by atoms with Crippen LogP contribution in [0.2, 0.25) is 0 Å². The summed E-state index contributed by atoms with van der Waals surface area (Å²) in [6.45, 7) is 2.13. The standard InChI is InChI=1S/C11H17N3O4/c1-8(15)4-5-12-11(18)13-6-7-14-9(16)2-3-10(14)17/h2-7H2,1H3,(H2,12,13,18). The second-order valence-electron chi connectivity index (χ2n) is 4.07. The molecule has 0 aromatic heterocycles. The van der Waals surface area contributed by atoms with Gasteiger partial charge in [-0.3, -0.25) is 19.3 Å². The van der Waals surface area contributed by atoms with Crippen LogP contribution in [0.1, 0.15) is 26.2 Å². The van der Waals surface area contributed by atoms with Gasteiger partial charge in [-0.1, -0.05) is 0 Å². The topological polar surface area (TPSA) is 95.6 Å². The van der Waals surface area contributed by atoms with Crippen LogP contribution in [-0.4, -0.2) is 48.2 Å². The first-order valence-electron chi connectivity index (χ1n) is 5.85. The number of rotatable bonds is 6. The summed E-state index contributed by atoms with van der Waals surface area (Å²) < 4.78 is 0. The van der Waals surface area contributed by atoms with Gasteiger partial charge in [-0.15, -0.1) is 0 Å². The van der Waals surface area contributed by atoms with Crippen LogP contribution < -0.4 is 10.6 Å². The van der Waals surface area contributed by atoms with Crippen LogP contribution in [0.15, 0.2) is 0 Å². The van der Waals surface area contributed by atoms with Gasteiger partial charge in [0.05, 0.1) is 0 Å². The quantitative estimate of drug-likeness (QED) is 0.620. The number of hydrogen-bond donors (Lipinski definition) is 2. The minimum atomic E-state index is -0.407. The van der Waals surface area contributed by atoms with E-state index in [-0.39, 0.29) is 56.5 Å². The van der Waals surface area contributed by atoms with Gasteiger partial charge in [0.2, 0.25) is 11.8 Å². The third-order valence-electron chi connectivity index (χ3n) is 2.54. The summed E-state index contributed by atoms with van der Waals surface area (Å²) in [6.07, 6.45) is 0.795. The lowest BCUT2D eigenvalue weighted by Gasteiger charge is -2.14. The van der Waals surface area contributed by atoms with Crippen molar-refractivity contribution >= 4 is 23.6 Å². The number of urea groups is 1. The maximum atomic E-state index is 11.2. The maximum Gasteiger partial charge on any atom is 0.314 e. The summed E-state index contributed by atoms with van der Waals surface area (Å²) in [6, 6.07) is -0.407. The number of ketones is 1. The highest BCUT2D eigenvalue weighted by Crippen LogP contribution is 2.10. The van der Waals surface area contributed by atoms with Crippen molar-refractivity contribution in [1.29, 1.82) is 0 Å². The largest absolute Gasteiger partial charge is 0.338 e. The highest BCUT2D eigenvalue weighted by atomic mass is 16.2. The number of hydrogen-bond acceptors (Lipinski definition) is 4. The molecule has 1 heterocycles. The van der Waals surface area contributed by atoms with E-state index < -0.39 is 6.03 Å². The van der Waals surface area contributed by atoms with Crippen molar-refractivity contribution < 1.29 is 19.2 Å². The molecule has 0 radical (unpaired) electrons. The highest BCUT2D eigenvalue weighted by molar-refractivity contribution is 6.01. The van der Waals surface area contributed by atoms with Crippen molar-refractivity contribution in [3.8, 4) is 0 Å². The lowest BCUT2D eigenvalue weighted by atomic mass is 10.3. The molecule has 0 aromatic carbocycles. The Morgan fingerprint density at radius 1 is 1.11 bits per heavy atom. The van der Waals surface area contributed by atoms with Gasteiger partial charge < -0.3 is 10.6 Å². The molecule has 0 spiro atoms. The van der Waals surface area contributed by atoms with Crippen molar-refractivity contribution in [3.63, 3.8) is 0 Å². The Morgan fingerprint density at radius 3 is 2.22 bits per heavy atom. The van der Waals surface area contributed by atoms with Crippen molar-refractivity contribution in [2.75, 3.05) is 19.6 Å². The molecule has 7 heteroatoms. The molecule has 0 atom stereocenters. The zero-order valence-corrected chi connectivity index (χ0v) is 10.3. The minimum Gasteiger partial charge on any atom is -0.338 e. The van der Waals surface area contributed by atoms with E-state index in [1.807, 2.05) is 0 Å². The molecule has 18 heavy (non-hydrogen) atoms. The third kappa shape index (κ3) is 4.52. The van der Waals surface area contributed by atoms with Gasteiger partial charge in [-0.05, 0) is 6.92 Å². The molecule has 0 aromatic rings. The number of amides is 4. The van der Waals surface area contributed by atoms with E-state index >= 15 is 0 Å². The molecule has 1 aliphatic heterocycles. The van der Waals surface area contributed by atoms with Crippen LogP contribution in [0.3, 0.4) is 0 Å². The highest BCUT2D eigenvalue weighted by Gasteiger charge is 2.28. The first-order valence-corrected chi connectivity index (χ1v) is 5.85. The lowest BCUT2D eigenvalue weighted by Crippen LogP contribution is -2.42. The van der Waals surface area contributed by atoms with Gasteiger partial charge in [-0.2, -0.15) is 0 Å². The summed E-state index contributed by atoms with van der Waals surface area (Å²) in [5, 5.41) is 5.02. The summed E-state index contributed by atoms with van der Waals surface area (Å²) in [7, 11) is 0. The fourth-order valence-corrected chi connectivity index (χ4v) is 1.57. The third-order valence-corrected chi connectivity index (χ3v) is 2.54. The van der Waals surface area contributed by atoms with Gasteiger partial charge in [0.1, 0.15) is 5.78 Å². The average molecular weight is 255 g/mol. The number of nitrogens with one attached hydrogen (secondary N) is 2. The Labute approximate surface area is 105 Å². The molecule has 1 aliphatic rings. The van der Waals surface area contributed by atoms with Gasteiger partial charge >= 0.3 is 6.03 Å². The molecule has 4 amide bonds. The number of Topliss-reactive ketones (excluding diaryl/α,β-unsaturated/α-hetero) is 1. The van der Waals surface area contributed by atoms with E-state index in [9.17, 15) is 19.2 Å². The van der Waals surface area contributed by atoms with Crippen molar-refractivity contribution in [2.45, 2.75) is 26.2 Å². The molecule has 1 fully saturated rings. The normalized spacial score (nSPS) is 14.8. The molecule has 2 N–H and O–H groups in total. The molecule has 0 aliphatic carbocycles. The summed E-state index contributed by atoms with van der Waals surface area (Å²) in [4.78, 5) is 45.5. The zero-order chi connectivity index (χ0) is 13.5. The molecule has 7 nitrogen and oxygen atoms in total. The van der Waals surface area contributed by atoms with Gasteiger partial charge in [-0.25, -0.2) is 4.79 Å². The summed E-state index contributed by atoms with van der Waals surface area (Å²) >= 11 is 0. The first kappa shape index (κ1) is 14.1. The first-order chi connectivity index (χ1) is 8.50. The summed E-state index contributed by atoms with van der Waals surface area (Å²) in [5.74, 6) is -0.388. The van der Waals surface area contributed by atoms with Crippen LogP contribution in [0.5, 0.6) is 0 Å². The maximum absolute atomic E-state index is 11.2. The van der Waals surface area contributed by atoms with E-state index in [2.05, 4.69) is 10.6 Å². The number of nitrogens with zero attached hydrogens (tertiary/aromatic N) is 1. The molecule has 1 saturated heterocycles. The molecule has 0 bridgehead atoms. The average Bonchev–Trinajstić information content (AvgIpc) is 2.60. The fourth-order valence-electron chi connectivity index (χ4n) is 1.57. The van der Waals surface area contributed by atoms with Crippen molar-refractivity contribution in [2.24, 2.45) is 0 Å². The number of imide groups is 1. The second-order valence-corrected chi connectivity index (χ2v) is 4.07. The van der Waals surface area contributed by atoms with E-state index in [1.165, 1.54) is 6.92 Å². The molecule has 100 valence electrons. The Morgan fingerprint density at radius 2 is 1.67 bits per heavy atom. The lowest BCUT2D eigenvalue weighted by molar-refractivity contribution is -0.138. The van der Waals surface area contributed by atoms with Crippen LogP contribution in [0, 0.1) is 0 Å². The number of carbonyl (C=O) groups is 4. The zero-order valence-electron chi connectivity index (χ0n) is 10.3. The van der Waals surface area contributed by atoms with Crippen LogP contribution >= 0.6 is 0 Å². The minimum absolute atomic E-state index is 0.00330. The molecular weight excluding hydrogens is 238 g/mol. The van der Waals surface area contributed by atoms with Crippen LogP contribution in [0.4, 0.5) is 4.79 Å². The van der Waals surface area contributed by atoms with Crippen molar-refractivity contribution in [1.82, 2.24) is 15.5 Å². The number of likely N-dealkylation sites (tertiary alicyclic amines) is 1. The van der Waals surface area contributed by atoms with E-state index in [4.69, 9.17) is 0 Å². The van der Waals surface area contributed by atoms with Crippen LogP contribution in [-0.2, 0) is 14.4 Å². The molecule has 0 saturated carbocycles. The molecular formula is C11H17N3O4. The molecule has 0 unspecified atom stereocenters. The fraction of sp³-hybridized carbons (Fsp3) is 0.636. The van der Waals surface area contributed by atoms with Gasteiger partial charge in [0, 0.05) is 38.9 Å². The van der Waals surface area contributed by atoms with E-state index in [1.54, 1.807) is 0 Å². The Balaban J connectivity index is 2.13. The SMILES string of the molecule is CC(=O)CCNC(=O)NCCN1C(=O)CCC1=O. The predicted octanol–water partition coefficient (Wildman–Crippen LogP) is -0.586. The second kappa shape index (κ2) is 6.73. The summed E-state index contributed by atoms with van der Waals surface area (Å²) in [5.41, 5.74) is 0.